The van der Waals surface area contributed by atoms with Crippen molar-refractivity contribution >= 4 is 0 Å². The van der Waals surface area contributed by atoms with E-state index in [2.05, 4.69) is 41.5 Å². The normalized spacial score (nSPS) is 30.8. The third kappa shape index (κ3) is 3.23. The lowest BCUT2D eigenvalue weighted by atomic mass is 9.65. The van der Waals surface area contributed by atoms with Gasteiger partial charge in [-0.3, -0.25) is 0 Å². The van der Waals surface area contributed by atoms with Crippen molar-refractivity contribution in [2.24, 2.45) is 22.7 Å². The van der Waals surface area contributed by atoms with Crippen LogP contribution in [-0.4, -0.2) is 0 Å². The van der Waals surface area contributed by atoms with E-state index in [1.54, 1.807) is 0 Å². The second kappa shape index (κ2) is 6.55. The maximum absolute atomic E-state index is 2.42. The molecule has 1 saturated carbocycles. The Morgan fingerprint density at radius 1 is 0.667 bits per heavy atom. The molecule has 0 heterocycles. The Kier molecular flexibility index (Phi) is 7.60. The summed E-state index contributed by atoms with van der Waals surface area (Å²) in [5.74, 6) is 1.76. The Labute approximate surface area is 98.9 Å². The summed E-state index contributed by atoms with van der Waals surface area (Å²) in [6, 6.07) is 0. The lowest BCUT2D eigenvalue weighted by molar-refractivity contribution is 0.0887. The van der Waals surface area contributed by atoms with Crippen LogP contribution in [0.4, 0.5) is 0 Å². The van der Waals surface area contributed by atoms with Crippen molar-refractivity contribution in [1.82, 2.24) is 0 Å². The highest BCUT2D eigenvalue weighted by Crippen LogP contribution is 2.58. The molecule has 0 aliphatic heterocycles. The molecule has 1 fully saturated rings. The van der Waals surface area contributed by atoms with E-state index in [0.29, 0.717) is 10.8 Å². The maximum atomic E-state index is 2.42. The van der Waals surface area contributed by atoms with E-state index in [0.717, 1.165) is 11.8 Å². The van der Waals surface area contributed by atoms with Crippen LogP contribution in [0.25, 0.3) is 0 Å². The highest BCUT2D eigenvalue weighted by molar-refractivity contribution is 4.99. The molecule has 0 spiro atoms. The minimum absolute atomic E-state index is 0.520. The van der Waals surface area contributed by atoms with Crippen LogP contribution < -0.4 is 0 Å². The molecule has 0 N–H and O–H groups in total. The van der Waals surface area contributed by atoms with E-state index in [1.807, 2.05) is 27.7 Å². The molecule has 1 aliphatic rings. The molecule has 0 heteroatoms. The van der Waals surface area contributed by atoms with Crippen LogP contribution in [0.1, 0.15) is 75.7 Å². The summed E-state index contributed by atoms with van der Waals surface area (Å²) in [6.07, 6.45) is 1.40. The third-order valence-electron chi connectivity index (χ3n) is 4.83. The summed E-state index contributed by atoms with van der Waals surface area (Å²) in [6.45, 7) is 22.5. The maximum Gasteiger partial charge on any atom is -0.0275 e. The quantitative estimate of drug-likeness (QED) is 0.480. The zero-order valence-corrected chi connectivity index (χ0v) is 12.9. The molecule has 2 unspecified atom stereocenters. The van der Waals surface area contributed by atoms with Crippen LogP contribution in [0.5, 0.6) is 0 Å². The van der Waals surface area contributed by atoms with Crippen LogP contribution in [0.3, 0.4) is 0 Å². The van der Waals surface area contributed by atoms with Gasteiger partial charge in [-0.15, -0.1) is 0 Å². The summed E-state index contributed by atoms with van der Waals surface area (Å²) >= 11 is 0. The first-order valence-corrected chi connectivity index (χ1v) is 6.80. The van der Waals surface area contributed by atoms with Gasteiger partial charge in [0.25, 0.3) is 0 Å². The van der Waals surface area contributed by atoms with E-state index in [-0.39, 0.29) is 0 Å². The summed E-state index contributed by atoms with van der Waals surface area (Å²) in [5.41, 5.74) is 1.04. The summed E-state index contributed by atoms with van der Waals surface area (Å²) < 4.78 is 0. The van der Waals surface area contributed by atoms with E-state index < -0.39 is 0 Å². The highest BCUT2D eigenvalue weighted by Gasteiger charge is 2.50. The summed E-state index contributed by atoms with van der Waals surface area (Å²) in [4.78, 5) is 0. The van der Waals surface area contributed by atoms with Crippen molar-refractivity contribution in [3.8, 4) is 0 Å². The van der Waals surface area contributed by atoms with E-state index in [9.17, 15) is 0 Å². The van der Waals surface area contributed by atoms with Gasteiger partial charge >= 0.3 is 0 Å². The smallest absolute Gasteiger partial charge is 0.0275 e. The first-order valence-electron chi connectivity index (χ1n) is 6.80. The van der Waals surface area contributed by atoms with Gasteiger partial charge in [0.05, 0.1) is 0 Å². The number of rotatable bonds is 0. The largest absolute Gasteiger partial charge is 0.0683 e. The second-order valence-corrected chi connectivity index (χ2v) is 5.48. The average Bonchev–Trinajstić information content (AvgIpc) is 2.34. The average molecular weight is 214 g/mol. The Hall–Kier alpha value is 0. The number of hydrogen-bond donors (Lipinski definition) is 0. The van der Waals surface area contributed by atoms with Crippen molar-refractivity contribution < 1.29 is 0 Å². The van der Waals surface area contributed by atoms with Gasteiger partial charge in [0, 0.05) is 0 Å². The van der Waals surface area contributed by atoms with E-state index in [1.165, 1.54) is 6.42 Å². The molecular weight excluding hydrogens is 180 g/mol. The summed E-state index contributed by atoms with van der Waals surface area (Å²) in [7, 11) is 0. The standard InChI is InChI=1S/C11H22.2C2H6/c1-8-7-9(2)11(5,6)10(8,3)4;2*1-2/h8-9H,7H2,1-6H3;2*1-2H3. The predicted molar refractivity (Wildman–Crippen MR) is 73.2 cm³/mol. The molecule has 0 aromatic heterocycles. The fraction of sp³-hybridized carbons (Fsp3) is 1.00. The molecule has 0 aromatic rings. The molecule has 2 atom stereocenters. The molecule has 0 amide bonds. The fourth-order valence-corrected chi connectivity index (χ4v) is 2.39. The second-order valence-electron chi connectivity index (χ2n) is 5.48. The molecule has 0 saturated heterocycles. The first-order chi connectivity index (χ1) is 6.80. The van der Waals surface area contributed by atoms with Crippen LogP contribution in [0.15, 0.2) is 0 Å². The van der Waals surface area contributed by atoms with Crippen molar-refractivity contribution in [3.63, 3.8) is 0 Å². The van der Waals surface area contributed by atoms with Gasteiger partial charge in [0.2, 0.25) is 0 Å². The molecule has 1 aliphatic carbocycles. The van der Waals surface area contributed by atoms with Crippen molar-refractivity contribution in [3.05, 3.63) is 0 Å². The molecule has 0 aromatic carbocycles. The first kappa shape index (κ1) is 17.4. The molecule has 15 heavy (non-hydrogen) atoms. The predicted octanol–water partition coefficient (Wildman–Crippen LogP) is 5.77. The fourth-order valence-electron chi connectivity index (χ4n) is 2.39. The van der Waals surface area contributed by atoms with Gasteiger partial charge in [-0.05, 0) is 29.1 Å². The SMILES string of the molecule is CC.CC.CC1CC(C)C(C)(C)C1(C)C. The Morgan fingerprint density at radius 2 is 0.867 bits per heavy atom. The van der Waals surface area contributed by atoms with Gasteiger partial charge < -0.3 is 0 Å². The van der Waals surface area contributed by atoms with Gasteiger partial charge in [-0.25, -0.2) is 0 Å². The zero-order valence-electron chi connectivity index (χ0n) is 12.9. The van der Waals surface area contributed by atoms with Crippen LogP contribution in [0.2, 0.25) is 0 Å². The van der Waals surface area contributed by atoms with Crippen LogP contribution in [-0.2, 0) is 0 Å². The molecule has 0 bridgehead atoms. The van der Waals surface area contributed by atoms with Crippen molar-refractivity contribution in [2.75, 3.05) is 0 Å². The zero-order chi connectivity index (χ0) is 12.9. The van der Waals surface area contributed by atoms with Gasteiger partial charge in [0.15, 0.2) is 0 Å². The molecule has 94 valence electrons. The minimum atomic E-state index is 0.520. The Balaban J connectivity index is 0. The monoisotopic (exact) mass is 214 g/mol. The van der Waals surface area contributed by atoms with Crippen molar-refractivity contribution in [2.45, 2.75) is 75.7 Å². The molecule has 0 radical (unpaired) electrons. The summed E-state index contributed by atoms with van der Waals surface area (Å²) in [5, 5.41) is 0. The third-order valence-corrected chi connectivity index (χ3v) is 4.83. The molecule has 0 nitrogen and oxygen atoms in total. The van der Waals surface area contributed by atoms with Gasteiger partial charge in [-0.1, -0.05) is 69.2 Å². The lowest BCUT2D eigenvalue weighted by Gasteiger charge is -2.40. The van der Waals surface area contributed by atoms with Crippen LogP contribution in [0, 0.1) is 22.7 Å². The highest BCUT2D eigenvalue weighted by atomic mass is 14.5. The molecular formula is C15H34. The van der Waals surface area contributed by atoms with Crippen molar-refractivity contribution in [1.29, 1.82) is 0 Å². The minimum Gasteiger partial charge on any atom is -0.0683 e. The van der Waals surface area contributed by atoms with Gasteiger partial charge in [0.1, 0.15) is 0 Å². The number of hydrogen-bond acceptors (Lipinski definition) is 0. The molecule has 1 rings (SSSR count). The van der Waals surface area contributed by atoms with Crippen LogP contribution >= 0.6 is 0 Å². The van der Waals surface area contributed by atoms with E-state index >= 15 is 0 Å². The lowest BCUT2D eigenvalue weighted by Crippen LogP contribution is -2.33. The van der Waals surface area contributed by atoms with Gasteiger partial charge in [-0.2, -0.15) is 0 Å². The Bertz CT molecular complexity index is 135. The topological polar surface area (TPSA) is 0 Å². The Morgan fingerprint density at radius 3 is 0.933 bits per heavy atom. The van der Waals surface area contributed by atoms with E-state index in [4.69, 9.17) is 0 Å².